The van der Waals surface area contributed by atoms with Crippen molar-refractivity contribution in [3.8, 4) is 0 Å². The van der Waals surface area contributed by atoms with Crippen molar-refractivity contribution in [3.63, 3.8) is 0 Å². The zero-order valence-corrected chi connectivity index (χ0v) is 15.4. The predicted molar refractivity (Wildman–Crippen MR) is 96.9 cm³/mol. The number of amides is 2. The number of aromatic nitrogens is 2. The average Bonchev–Trinajstić information content (AvgIpc) is 2.93. The maximum absolute atomic E-state index is 12.5. The van der Waals surface area contributed by atoms with Crippen molar-refractivity contribution in [1.82, 2.24) is 24.5 Å². The molecule has 0 bridgehead atoms. The molecule has 3 heterocycles. The summed E-state index contributed by atoms with van der Waals surface area (Å²) in [5, 5.41) is 4.02. The van der Waals surface area contributed by atoms with Crippen molar-refractivity contribution in [2.45, 2.75) is 25.7 Å². The Morgan fingerprint density at radius 2 is 1.58 bits per heavy atom. The van der Waals surface area contributed by atoms with Gasteiger partial charge in [-0.1, -0.05) is 12.8 Å². The van der Waals surface area contributed by atoms with Crippen LogP contribution in [0, 0.1) is 0 Å². The Bertz CT molecular complexity index is 701. The third-order valence-corrected chi connectivity index (χ3v) is 5.16. The SMILES string of the molecule is Cn1nc(C(=O)N2CCN(CC(=O)N3CCCCCC3)CC2)ccc1=O. The summed E-state index contributed by atoms with van der Waals surface area (Å²) in [6.07, 6.45) is 4.62. The first-order chi connectivity index (χ1) is 12.5. The second kappa shape index (κ2) is 8.44. The van der Waals surface area contributed by atoms with E-state index >= 15 is 0 Å². The fraction of sp³-hybridized carbons (Fsp3) is 0.667. The van der Waals surface area contributed by atoms with Crippen molar-refractivity contribution in [1.29, 1.82) is 0 Å². The predicted octanol–water partition coefficient (Wildman–Crippen LogP) is -0.0593. The van der Waals surface area contributed by atoms with Crippen molar-refractivity contribution >= 4 is 11.8 Å². The van der Waals surface area contributed by atoms with Gasteiger partial charge < -0.3 is 9.80 Å². The molecule has 26 heavy (non-hydrogen) atoms. The van der Waals surface area contributed by atoms with Gasteiger partial charge in [-0.3, -0.25) is 19.3 Å². The van der Waals surface area contributed by atoms with Crippen molar-refractivity contribution in [2.75, 3.05) is 45.8 Å². The molecule has 2 aliphatic heterocycles. The maximum Gasteiger partial charge on any atom is 0.274 e. The molecule has 2 aliphatic rings. The molecule has 142 valence electrons. The average molecular weight is 361 g/mol. The molecule has 0 N–H and O–H groups in total. The molecule has 0 unspecified atom stereocenters. The van der Waals surface area contributed by atoms with Gasteiger partial charge >= 0.3 is 0 Å². The van der Waals surface area contributed by atoms with Crippen molar-refractivity contribution < 1.29 is 9.59 Å². The molecule has 2 amide bonds. The largest absolute Gasteiger partial charge is 0.342 e. The van der Waals surface area contributed by atoms with Gasteiger partial charge in [-0.15, -0.1) is 0 Å². The van der Waals surface area contributed by atoms with E-state index in [0.29, 0.717) is 32.7 Å². The molecule has 8 heteroatoms. The van der Waals surface area contributed by atoms with Gasteiger partial charge in [-0.2, -0.15) is 5.10 Å². The first-order valence-corrected chi connectivity index (χ1v) is 9.38. The monoisotopic (exact) mass is 361 g/mol. The van der Waals surface area contributed by atoms with Crippen LogP contribution >= 0.6 is 0 Å². The normalized spacial score (nSPS) is 19.3. The van der Waals surface area contributed by atoms with Crippen LogP contribution in [-0.4, -0.2) is 82.1 Å². The van der Waals surface area contributed by atoms with Gasteiger partial charge in [0.15, 0.2) is 0 Å². The summed E-state index contributed by atoms with van der Waals surface area (Å²) in [7, 11) is 1.53. The van der Waals surface area contributed by atoms with Gasteiger partial charge in [0, 0.05) is 52.4 Å². The van der Waals surface area contributed by atoms with Crippen LogP contribution in [0.15, 0.2) is 16.9 Å². The van der Waals surface area contributed by atoms with E-state index in [1.807, 2.05) is 4.90 Å². The fourth-order valence-electron chi connectivity index (χ4n) is 3.50. The van der Waals surface area contributed by atoms with Crippen LogP contribution in [0.25, 0.3) is 0 Å². The van der Waals surface area contributed by atoms with Gasteiger partial charge in [-0.25, -0.2) is 4.68 Å². The van der Waals surface area contributed by atoms with Crippen LogP contribution in [0.3, 0.4) is 0 Å². The summed E-state index contributed by atoms with van der Waals surface area (Å²) >= 11 is 0. The Balaban J connectivity index is 1.50. The Morgan fingerprint density at radius 1 is 0.923 bits per heavy atom. The van der Waals surface area contributed by atoms with Crippen LogP contribution in [0.4, 0.5) is 0 Å². The number of piperazine rings is 1. The van der Waals surface area contributed by atoms with Crippen LogP contribution in [0.1, 0.15) is 36.2 Å². The molecule has 3 rings (SSSR count). The summed E-state index contributed by atoms with van der Waals surface area (Å²) in [5.74, 6) is 0.0329. The summed E-state index contributed by atoms with van der Waals surface area (Å²) in [6, 6.07) is 2.83. The van der Waals surface area contributed by atoms with E-state index in [4.69, 9.17) is 0 Å². The summed E-state index contributed by atoms with van der Waals surface area (Å²) in [6.45, 7) is 4.66. The van der Waals surface area contributed by atoms with Crippen LogP contribution in [0.2, 0.25) is 0 Å². The van der Waals surface area contributed by atoms with Crippen LogP contribution < -0.4 is 5.56 Å². The number of hydrogen-bond donors (Lipinski definition) is 0. The minimum absolute atomic E-state index is 0.168. The molecular weight excluding hydrogens is 334 g/mol. The minimum atomic E-state index is -0.238. The Morgan fingerprint density at radius 3 is 2.19 bits per heavy atom. The Labute approximate surface area is 153 Å². The minimum Gasteiger partial charge on any atom is -0.342 e. The van der Waals surface area contributed by atoms with Crippen molar-refractivity contribution in [3.05, 3.63) is 28.2 Å². The zero-order valence-electron chi connectivity index (χ0n) is 15.4. The summed E-state index contributed by atoms with van der Waals surface area (Å²) in [4.78, 5) is 42.3. The van der Waals surface area contributed by atoms with E-state index in [2.05, 4.69) is 10.00 Å². The second-order valence-corrected chi connectivity index (χ2v) is 7.04. The lowest BCUT2D eigenvalue weighted by Crippen LogP contribution is -2.51. The van der Waals surface area contributed by atoms with E-state index in [0.717, 1.165) is 25.9 Å². The number of carbonyl (C=O) groups excluding carboxylic acids is 2. The Hall–Kier alpha value is -2.22. The lowest BCUT2D eigenvalue weighted by Gasteiger charge is -2.35. The van der Waals surface area contributed by atoms with Gasteiger partial charge in [0.05, 0.1) is 6.54 Å². The number of likely N-dealkylation sites (tertiary alicyclic amines) is 1. The van der Waals surface area contributed by atoms with Crippen molar-refractivity contribution in [2.24, 2.45) is 7.05 Å². The first kappa shape index (κ1) is 18.6. The third kappa shape index (κ3) is 4.49. The molecule has 0 atom stereocenters. The number of aryl methyl sites for hydroxylation is 1. The highest BCUT2D eigenvalue weighted by molar-refractivity contribution is 5.92. The molecular formula is C18H27N5O3. The molecule has 0 aliphatic carbocycles. The summed E-state index contributed by atoms with van der Waals surface area (Å²) in [5.41, 5.74) is 0.0413. The van der Waals surface area contributed by atoms with E-state index in [9.17, 15) is 14.4 Å². The van der Waals surface area contributed by atoms with Gasteiger partial charge in [0.25, 0.3) is 11.5 Å². The van der Waals surface area contributed by atoms with E-state index in [1.54, 1.807) is 4.90 Å². The second-order valence-electron chi connectivity index (χ2n) is 7.04. The molecule has 0 aromatic carbocycles. The van der Waals surface area contributed by atoms with Gasteiger partial charge in [-0.05, 0) is 18.9 Å². The highest BCUT2D eigenvalue weighted by atomic mass is 16.2. The lowest BCUT2D eigenvalue weighted by atomic mass is 10.2. The molecule has 0 saturated carbocycles. The lowest BCUT2D eigenvalue weighted by molar-refractivity contribution is -0.132. The van der Waals surface area contributed by atoms with E-state index in [-0.39, 0.29) is 23.1 Å². The van der Waals surface area contributed by atoms with Gasteiger partial charge in [0.1, 0.15) is 5.69 Å². The summed E-state index contributed by atoms with van der Waals surface area (Å²) < 4.78 is 1.17. The number of carbonyl (C=O) groups is 2. The first-order valence-electron chi connectivity index (χ1n) is 9.38. The maximum atomic E-state index is 12.5. The third-order valence-electron chi connectivity index (χ3n) is 5.16. The van der Waals surface area contributed by atoms with Crippen LogP contribution in [-0.2, 0) is 11.8 Å². The molecule has 2 saturated heterocycles. The highest BCUT2D eigenvalue weighted by Crippen LogP contribution is 2.11. The topological polar surface area (TPSA) is 78.8 Å². The Kier molecular flexibility index (Phi) is 6.03. The molecule has 1 aromatic rings. The zero-order chi connectivity index (χ0) is 18.5. The molecule has 2 fully saturated rings. The number of nitrogens with zero attached hydrogens (tertiary/aromatic N) is 5. The number of hydrogen-bond acceptors (Lipinski definition) is 5. The van der Waals surface area contributed by atoms with E-state index < -0.39 is 0 Å². The molecule has 0 spiro atoms. The quantitative estimate of drug-likeness (QED) is 0.754. The molecule has 1 aromatic heterocycles. The van der Waals surface area contributed by atoms with E-state index in [1.165, 1.54) is 36.7 Å². The smallest absolute Gasteiger partial charge is 0.274 e. The highest BCUT2D eigenvalue weighted by Gasteiger charge is 2.25. The standard InChI is InChI=1S/C18H27N5O3/c1-20-16(24)7-6-15(19-20)18(26)23-12-10-21(11-13-23)14-17(25)22-8-4-2-3-5-9-22/h6-7H,2-5,8-14H2,1H3. The number of rotatable bonds is 3. The molecule has 8 nitrogen and oxygen atoms in total. The van der Waals surface area contributed by atoms with Gasteiger partial charge in [0.2, 0.25) is 5.91 Å². The fourth-order valence-corrected chi connectivity index (χ4v) is 3.50. The van der Waals surface area contributed by atoms with Crippen LogP contribution in [0.5, 0.6) is 0 Å². The molecule has 0 radical (unpaired) electrons.